The summed E-state index contributed by atoms with van der Waals surface area (Å²) in [5.41, 5.74) is 0. The third-order valence-electron chi connectivity index (χ3n) is 3.13. The standard InChI is InChI=1S/C13H23N/c1-3-5-6-10-13(14-4-2)11-12-8-7-9-12/h12-14H,4,6-11H2,1-2H3. The summed E-state index contributed by atoms with van der Waals surface area (Å²) in [5.74, 6) is 7.13. The zero-order chi connectivity index (χ0) is 10.2. The highest BCUT2D eigenvalue weighted by atomic mass is 14.9. The fourth-order valence-corrected chi connectivity index (χ4v) is 2.09. The van der Waals surface area contributed by atoms with Gasteiger partial charge in [0.25, 0.3) is 0 Å². The van der Waals surface area contributed by atoms with Crippen molar-refractivity contribution in [2.75, 3.05) is 6.54 Å². The maximum absolute atomic E-state index is 3.57. The van der Waals surface area contributed by atoms with Crippen LogP contribution in [0, 0.1) is 17.8 Å². The van der Waals surface area contributed by atoms with Gasteiger partial charge in [-0.15, -0.1) is 11.8 Å². The highest BCUT2D eigenvalue weighted by Gasteiger charge is 2.21. The lowest BCUT2D eigenvalue weighted by Gasteiger charge is -2.29. The van der Waals surface area contributed by atoms with E-state index in [-0.39, 0.29) is 0 Å². The summed E-state index contributed by atoms with van der Waals surface area (Å²) in [6.07, 6.45) is 8.03. The molecule has 0 aromatic carbocycles. The van der Waals surface area contributed by atoms with Crippen LogP contribution in [-0.2, 0) is 0 Å². The van der Waals surface area contributed by atoms with Crippen LogP contribution in [0.1, 0.15) is 52.4 Å². The van der Waals surface area contributed by atoms with Crippen LogP contribution >= 0.6 is 0 Å². The van der Waals surface area contributed by atoms with Crippen LogP contribution in [0.5, 0.6) is 0 Å². The highest BCUT2D eigenvalue weighted by molar-refractivity contribution is 4.95. The lowest BCUT2D eigenvalue weighted by atomic mass is 9.80. The second kappa shape index (κ2) is 6.90. The molecular weight excluding hydrogens is 170 g/mol. The molecule has 1 heteroatoms. The molecule has 0 heterocycles. The largest absolute Gasteiger partial charge is 0.314 e. The predicted molar refractivity (Wildman–Crippen MR) is 62.1 cm³/mol. The van der Waals surface area contributed by atoms with Gasteiger partial charge < -0.3 is 5.32 Å². The van der Waals surface area contributed by atoms with Crippen molar-refractivity contribution < 1.29 is 0 Å². The van der Waals surface area contributed by atoms with Crippen molar-refractivity contribution in [2.45, 2.75) is 58.4 Å². The molecule has 0 aromatic heterocycles. The number of rotatable bonds is 6. The van der Waals surface area contributed by atoms with Gasteiger partial charge in [-0.05, 0) is 32.2 Å². The Kier molecular flexibility index (Phi) is 5.71. The molecule has 1 fully saturated rings. The molecule has 1 saturated carbocycles. The van der Waals surface area contributed by atoms with Crippen molar-refractivity contribution in [2.24, 2.45) is 5.92 Å². The zero-order valence-corrected chi connectivity index (χ0v) is 9.60. The molecule has 1 aliphatic rings. The minimum atomic E-state index is 0.714. The SMILES string of the molecule is CC#CCCC(CC1CCC1)NCC. The summed E-state index contributed by atoms with van der Waals surface area (Å²) in [5, 5.41) is 3.57. The Hall–Kier alpha value is -0.480. The summed E-state index contributed by atoms with van der Waals surface area (Å²) in [6.45, 7) is 5.21. The summed E-state index contributed by atoms with van der Waals surface area (Å²) in [4.78, 5) is 0. The van der Waals surface area contributed by atoms with E-state index in [1.807, 2.05) is 6.92 Å². The lowest BCUT2D eigenvalue weighted by molar-refractivity contribution is 0.256. The molecule has 0 amide bonds. The van der Waals surface area contributed by atoms with Crippen LogP contribution < -0.4 is 5.32 Å². The first-order chi connectivity index (χ1) is 6.86. The molecule has 80 valence electrons. The van der Waals surface area contributed by atoms with Crippen LogP contribution in [0.15, 0.2) is 0 Å². The fourth-order valence-electron chi connectivity index (χ4n) is 2.09. The van der Waals surface area contributed by atoms with E-state index in [1.54, 1.807) is 0 Å². The van der Waals surface area contributed by atoms with Crippen molar-refractivity contribution >= 4 is 0 Å². The van der Waals surface area contributed by atoms with Gasteiger partial charge in [0.15, 0.2) is 0 Å². The molecule has 0 spiro atoms. The van der Waals surface area contributed by atoms with E-state index in [4.69, 9.17) is 0 Å². The van der Waals surface area contributed by atoms with Crippen LogP contribution in [0.4, 0.5) is 0 Å². The van der Waals surface area contributed by atoms with Gasteiger partial charge in [0.05, 0.1) is 0 Å². The molecule has 0 radical (unpaired) electrons. The van der Waals surface area contributed by atoms with Crippen LogP contribution in [0.3, 0.4) is 0 Å². The third-order valence-corrected chi connectivity index (χ3v) is 3.13. The molecule has 1 rings (SSSR count). The van der Waals surface area contributed by atoms with Gasteiger partial charge >= 0.3 is 0 Å². The molecule has 1 nitrogen and oxygen atoms in total. The fraction of sp³-hybridized carbons (Fsp3) is 0.846. The maximum atomic E-state index is 3.57. The Morgan fingerprint density at radius 1 is 1.43 bits per heavy atom. The van der Waals surface area contributed by atoms with E-state index in [2.05, 4.69) is 24.1 Å². The average molecular weight is 193 g/mol. The highest BCUT2D eigenvalue weighted by Crippen LogP contribution is 2.31. The van der Waals surface area contributed by atoms with Crippen molar-refractivity contribution in [1.29, 1.82) is 0 Å². The van der Waals surface area contributed by atoms with E-state index < -0.39 is 0 Å². The first-order valence-electron chi connectivity index (χ1n) is 5.99. The number of hydrogen-bond acceptors (Lipinski definition) is 1. The molecule has 14 heavy (non-hydrogen) atoms. The van der Waals surface area contributed by atoms with Crippen molar-refractivity contribution in [3.05, 3.63) is 0 Å². The van der Waals surface area contributed by atoms with Crippen molar-refractivity contribution in [1.82, 2.24) is 5.32 Å². The molecule has 1 N–H and O–H groups in total. The molecule has 0 aliphatic heterocycles. The van der Waals surface area contributed by atoms with E-state index >= 15 is 0 Å². The molecule has 1 atom stereocenters. The molecule has 0 aromatic rings. The minimum absolute atomic E-state index is 0.714. The third kappa shape index (κ3) is 4.15. The monoisotopic (exact) mass is 193 g/mol. The van der Waals surface area contributed by atoms with E-state index in [9.17, 15) is 0 Å². The van der Waals surface area contributed by atoms with Gasteiger partial charge in [0, 0.05) is 12.5 Å². The normalized spacial score (nSPS) is 18.1. The summed E-state index contributed by atoms with van der Waals surface area (Å²) >= 11 is 0. The van der Waals surface area contributed by atoms with Crippen molar-refractivity contribution in [3.8, 4) is 11.8 Å². The Bertz CT molecular complexity index is 195. The van der Waals surface area contributed by atoms with Crippen molar-refractivity contribution in [3.63, 3.8) is 0 Å². The van der Waals surface area contributed by atoms with Crippen LogP contribution in [0.25, 0.3) is 0 Å². The van der Waals surface area contributed by atoms with Gasteiger partial charge in [-0.2, -0.15) is 0 Å². The average Bonchev–Trinajstić information content (AvgIpc) is 2.11. The van der Waals surface area contributed by atoms with Crippen LogP contribution in [-0.4, -0.2) is 12.6 Å². The number of hydrogen-bond donors (Lipinski definition) is 1. The van der Waals surface area contributed by atoms with E-state index in [0.717, 1.165) is 18.9 Å². The Morgan fingerprint density at radius 3 is 2.71 bits per heavy atom. The minimum Gasteiger partial charge on any atom is -0.314 e. The van der Waals surface area contributed by atoms with Gasteiger partial charge in [0.1, 0.15) is 0 Å². The Labute approximate surface area is 88.7 Å². The van der Waals surface area contributed by atoms with Gasteiger partial charge in [-0.25, -0.2) is 0 Å². The quantitative estimate of drug-likeness (QED) is 0.639. The summed E-state index contributed by atoms with van der Waals surface area (Å²) in [6, 6.07) is 0.714. The molecule has 0 bridgehead atoms. The van der Waals surface area contributed by atoms with Gasteiger partial charge in [0.2, 0.25) is 0 Å². The molecule has 0 saturated heterocycles. The van der Waals surface area contributed by atoms with Gasteiger partial charge in [-0.1, -0.05) is 26.2 Å². The topological polar surface area (TPSA) is 12.0 Å². The predicted octanol–water partition coefficient (Wildman–Crippen LogP) is 2.96. The van der Waals surface area contributed by atoms with Crippen LogP contribution in [0.2, 0.25) is 0 Å². The zero-order valence-electron chi connectivity index (χ0n) is 9.60. The summed E-state index contributed by atoms with van der Waals surface area (Å²) < 4.78 is 0. The smallest absolute Gasteiger partial charge is 0.0103 e. The second-order valence-corrected chi connectivity index (χ2v) is 4.25. The first-order valence-corrected chi connectivity index (χ1v) is 5.99. The number of nitrogens with one attached hydrogen (secondary N) is 1. The second-order valence-electron chi connectivity index (χ2n) is 4.25. The molecule has 1 unspecified atom stereocenters. The first kappa shape index (κ1) is 11.6. The summed E-state index contributed by atoms with van der Waals surface area (Å²) in [7, 11) is 0. The molecule has 1 aliphatic carbocycles. The molecular formula is C13H23N. The maximum Gasteiger partial charge on any atom is 0.0103 e. The van der Waals surface area contributed by atoms with E-state index in [1.165, 1.54) is 32.1 Å². The van der Waals surface area contributed by atoms with Gasteiger partial charge in [-0.3, -0.25) is 0 Å². The van der Waals surface area contributed by atoms with E-state index in [0.29, 0.717) is 6.04 Å². The lowest BCUT2D eigenvalue weighted by Crippen LogP contribution is -2.32. The Morgan fingerprint density at radius 2 is 2.21 bits per heavy atom. The Balaban J connectivity index is 2.17.